The summed E-state index contributed by atoms with van der Waals surface area (Å²) in [5.74, 6) is 0.958. The van der Waals surface area contributed by atoms with E-state index in [2.05, 4.69) is 34.9 Å². The number of hydrogen-bond acceptors (Lipinski definition) is 4. The summed E-state index contributed by atoms with van der Waals surface area (Å²) >= 11 is 0. The fourth-order valence-corrected chi connectivity index (χ4v) is 5.18. The normalized spacial score (nSPS) is 10.7. The predicted octanol–water partition coefficient (Wildman–Crippen LogP) is 8.59. The van der Waals surface area contributed by atoms with E-state index >= 15 is 0 Å². The summed E-state index contributed by atoms with van der Waals surface area (Å²) in [6.07, 6.45) is 1.62. The Labute approximate surface area is 268 Å². The van der Waals surface area contributed by atoms with E-state index in [0.29, 0.717) is 47.2 Å². The van der Waals surface area contributed by atoms with Gasteiger partial charge in [0.2, 0.25) is 0 Å². The first-order valence-corrected chi connectivity index (χ1v) is 15.3. The molecule has 6 aromatic rings. The minimum Gasteiger partial charge on any atom is -0.493 e. The van der Waals surface area contributed by atoms with E-state index in [1.54, 1.807) is 48.5 Å². The van der Waals surface area contributed by atoms with Crippen molar-refractivity contribution in [3.8, 4) is 11.5 Å². The highest BCUT2D eigenvalue weighted by atomic mass is 16.5. The predicted molar refractivity (Wildman–Crippen MR) is 184 cm³/mol. The van der Waals surface area contributed by atoms with E-state index in [9.17, 15) is 9.59 Å². The van der Waals surface area contributed by atoms with Crippen molar-refractivity contribution in [2.75, 3.05) is 23.8 Å². The van der Waals surface area contributed by atoms with Gasteiger partial charge in [0, 0.05) is 46.1 Å². The zero-order chi connectivity index (χ0) is 31.6. The van der Waals surface area contributed by atoms with Gasteiger partial charge in [0.25, 0.3) is 11.8 Å². The zero-order valence-electron chi connectivity index (χ0n) is 25.3. The second kappa shape index (κ2) is 14.7. The van der Waals surface area contributed by atoms with Gasteiger partial charge in [-0.2, -0.15) is 0 Å². The molecule has 0 aromatic heterocycles. The third-order valence-corrected chi connectivity index (χ3v) is 7.66. The number of benzene rings is 6. The highest BCUT2D eigenvalue weighted by molar-refractivity contribution is 6.14. The second-order valence-corrected chi connectivity index (χ2v) is 10.8. The van der Waals surface area contributed by atoms with Crippen LogP contribution in [-0.2, 0) is 12.8 Å². The van der Waals surface area contributed by atoms with Gasteiger partial charge in [0.1, 0.15) is 11.5 Å². The number of ether oxygens (including phenoxy) is 2. The van der Waals surface area contributed by atoms with Gasteiger partial charge in [0.15, 0.2) is 0 Å². The van der Waals surface area contributed by atoms with Crippen LogP contribution in [-0.4, -0.2) is 25.0 Å². The van der Waals surface area contributed by atoms with Crippen molar-refractivity contribution in [2.24, 2.45) is 0 Å². The molecule has 46 heavy (non-hydrogen) atoms. The van der Waals surface area contributed by atoms with E-state index in [1.165, 1.54) is 11.1 Å². The molecular weight excluding hydrogens is 572 g/mol. The van der Waals surface area contributed by atoms with Gasteiger partial charge in [0.05, 0.1) is 13.2 Å². The lowest BCUT2D eigenvalue weighted by atomic mass is 10.1. The van der Waals surface area contributed by atoms with Crippen molar-refractivity contribution in [1.29, 1.82) is 0 Å². The molecule has 0 radical (unpaired) electrons. The SMILES string of the molecule is O=C(Nc1cccc2c(NC(=O)c3ccc(OCCc4ccccc4)cc3)cccc12)c1ccc(OCCc2ccccc2)cc1. The number of amides is 2. The van der Waals surface area contributed by atoms with Gasteiger partial charge in [-0.05, 0) is 71.8 Å². The van der Waals surface area contributed by atoms with Crippen molar-refractivity contribution in [3.05, 3.63) is 168 Å². The van der Waals surface area contributed by atoms with Crippen LogP contribution >= 0.6 is 0 Å². The molecule has 6 heteroatoms. The number of hydrogen-bond donors (Lipinski definition) is 2. The molecule has 0 bridgehead atoms. The maximum atomic E-state index is 13.1. The van der Waals surface area contributed by atoms with E-state index in [0.717, 1.165) is 23.6 Å². The summed E-state index contributed by atoms with van der Waals surface area (Å²) in [5.41, 5.74) is 4.77. The number of nitrogens with one attached hydrogen (secondary N) is 2. The summed E-state index contributed by atoms with van der Waals surface area (Å²) in [6.45, 7) is 1.11. The number of anilines is 2. The molecule has 228 valence electrons. The number of rotatable bonds is 12. The largest absolute Gasteiger partial charge is 0.493 e. The molecule has 0 saturated heterocycles. The summed E-state index contributed by atoms with van der Waals surface area (Å²) in [7, 11) is 0. The van der Waals surface area contributed by atoms with Crippen molar-refractivity contribution in [1.82, 2.24) is 0 Å². The van der Waals surface area contributed by atoms with Gasteiger partial charge in [-0.1, -0.05) is 84.9 Å². The number of fused-ring (bicyclic) bond motifs is 1. The Hall–Kier alpha value is -5.88. The van der Waals surface area contributed by atoms with Crippen LogP contribution in [0.15, 0.2) is 146 Å². The van der Waals surface area contributed by atoms with Gasteiger partial charge in [-0.15, -0.1) is 0 Å². The van der Waals surface area contributed by atoms with Crippen LogP contribution in [0.3, 0.4) is 0 Å². The van der Waals surface area contributed by atoms with E-state index < -0.39 is 0 Å². The summed E-state index contributed by atoms with van der Waals surface area (Å²) < 4.78 is 11.7. The van der Waals surface area contributed by atoms with Crippen LogP contribution in [0.25, 0.3) is 10.8 Å². The molecule has 0 unspecified atom stereocenters. The Balaban J connectivity index is 1.06. The van der Waals surface area contributed by atoms with Crippen LogP contribution in [0, 0.1) is 0 Å². The van der Waals surface area contributed by atoms with Crippen molar-refractivity contribution in [3.63, 3.8) is 0 Å². The molecule has 0 aliphatic heterocycles. The van der Waals surface area contributed by atoms with Crippen molar-refractivity contribution in [2.45, 2.75) is 12.8 Å². The van der Waals surface area contributed by atoms with Crippen LogP contribution in [0.4, 0.5) is 11.4 Å². The van der Waals surface area contributed by atoms with Crippen molar-refractivity contribution >= 4 is 34.0 Å². The lowest BCUT2D eigenvalue weighted by Crippen LogP contribution is -2.13. The van der Waals surface area contributed by atoms with Gasteiger partial charge in [-0.25, -0.2) is 0 Å². The molecule has 0 aliphatic carbocycles. The van der Waals surface area contributed by atoms with Gasteiger partial charge >= 0.3 is 0 Å². The Morgan fingerprint density at radius 1 is 0.435 bits per heavy atom. The molecule has 0 saturated carbocycles. The highest BCUT2D eigenvalue weighted by Gasteiger charge is 2.13. The molecule has 0 fully saturated rings. The average Bonchev–Trinajstić information content (AvgIpc) is 3.10. The van der Waals surface area contributed by atoms with Gasteiger partial charge < -0.3 is 20.1 Å². The summed E-state index contributed by atoms with van der Waals surface area (Å²) in [6, 6.07) is 45.8. The van der Waals surface area contributed by atoms with Gasteiger partial charge in [-0.3, -0.25) is 9.59 Å². The quantitative estimate of drug-likeness (QED) is 0.146. The Kier molecular flexibility index (Phi) is 9.66. The van der Waals surface area contributed by atoms with Crippen molar-refractivity contribution < 1.29 is 19.1 Å². The maximum Gasteiger partial charge on any atom is 0.255 e. The third-order valence-electron chi connectivity index (χ3n) is 7.66. The first-order valence-electron chi connectivity index (χ1n) is 15.3. The molecule has 0 heterocycles. The lowest BCUT2D eigenvalue weighted by molar-refractivity contribution is 0.101. The average molecular weight is 607 g/mol. The van der Waals surface area contributed by atoms with E-state index in [4.69, 9.17) is 9.47 Å². The first-order chi connectivity index (χ1) is 22.6. The van der Waals surface area contributed by atoms with Crippen LogP contribution < -0.4 is 20.1 Å². The van der Waals surface area contributed by atoms with Crippen LogP contribution in [0.1, 0.15) is 31.8 Å². The fourth-order valence-electron chi connectivity index (χ4n) is 5.18. The fraction of sp³-hybridized carbons (Fsp3) is 0.100. The topological polar surface area (TPSA) is 76.7 Å². The maximum absolute atomic E-state index is 13.1. The molecule has 6 rings (SSSR count). The minimum atomic E-state index is -0.233. The number of carbonyl (C=O) groups excluding carboxylic acids is 2. The van der Waals surface area contributed by atoms with E-state index in [1.807, 2.05) is 72.8 Å². The Bertz CT molecular complexity index is 1760. The number of carbonyl (C=O) groups is 2. The molecule has 6 aromatic carbocycles. The summed E-state index contributed by atoms with van der Waals surface area (Å²) in [5, 5.41) is 7.68. The molecule has 0 aliphatic rings. The standard InChI is InChI=1S/C40H34N2O4/c43-39(31-17-21-33(22-18-31)45-27-25-29-9-3-1-4-10-29)41-37-15-7-14-36-35(37)13-8-16-38(36)42-40(44)32-19-23-34(24-20-32)46-28-26-30-11-5-2-6-12-30/h1-24H,25-28H2,(H,41,43)(H,42,44). The Morgan fingerprint density at radius 3 is 1.22 bits per heavy atom. The monoisotopic (exact) mass is 606 g/mol. The molecule has 2 N–H and O–H groups in total. The van der Waals surface area contributed by atoms with E-state index in [-0.39, 0.29) is 11.8 Å². The smallest absolute Gasteiger partial charge is 0.255 e. The molecule has 6 nitrogen and oxygen atoms in total. The van der Waals surface area contributed by atoms with Crippen LogP contribution in [0.2, 0.25) is 0 Å². The lowest BCUT2D eigenvalue weighted by Gasteiger charge is -2.13. The molecule has 0 spiro atoms. The molecule has 2 amide bonds. The minimum absolute atomic E-state index is 0.233. The second-order valence-electron chi connectivity index (χ2n) is 10.8. The highest BCUT2D eigenvalue weighted by Crippen LogP contribution is 2.30. The van der Waals surface area contributed by atoms with Crippen LogP contribution in [0.5, 0.6) is 11.5 Å². The molecule has 0 atom stereocenters. The zero-order valence-corrected chi connectivity index (χ0v) is 25.3. The molecular formula is C40H34N2O4. The first kappa shape index (κ1) is 30.2. The third kappa shape index (κ3) is 7.79. The summed E-state index contributed by atoms with van der Waals surface area (Å²) in [4.78, 5) is 26.3. The Morgan fingerprint density at radius 2 is 0.826 bits per heavy atom.